The van der Waals surface area contributed by atoms with Crippen molar-refractivity contribution in [2.45, 2.75) is 12.8 Å². The number of halogens is 1. The largest absolute Gasteiger partial charge is 0.481 e. The summed E-state index contributed by atoms with van der Waals surface area (Å²) < 4.78 is 0.938. The highest BCUT2D eigenvalue weighted by Gasteiger charge is 2.26. The van der Waals surface area contributed by atoms with E-state index < -0.39 is 5.97 Å². The molecule has 0 spiro atoms. The van der Waals surface area contributed by atoms with Crippen molar-refractivity contribution in [2.24, 2.45) is 5.92 Å². The van der Waals surface area contributed by atoms with Gasteiger partial charge in [0, 0.05) is 16.6 Å². The Morgan fingerprint density at radius 3 is 2.63 bits per heavy atom. The molecule has 102 valence electrons. The first-order valence-corrected chi connectivity index (χ1v) is 7.09. The van der Waals surface area contributed by atoms with E-state index in [-0.39, 0.29) is 11.7 Å². The lowest BCUT2D eigenvalue weighted by molar-refractivity contribution is -0.143. The Morgan fingerprint density at radius 2 is 2.00 bits per heavy atom. The molecule has 1 fully saturated rings. The molecule has 0 aromatic heterocycles. The molecule has 19 heavy (non-hydrogen) atoms. The summed E-state index contributed by atoms with van der Waals surface area (Å²) in [5, 5.41) is 9.02. The van der Waals surface area contributed by atoms with Gasteiger partial charge in [0.2, 0.25) is 0 Å². The fraction of sp³-hybridized carbons (Fsp3) is 0.429. The third-order valence-electron chi connectivity index (χ3n) is 3.39. The zero-order valence-electron chi connectivity index (χ0n) is 10.5. The summed E-state index contributed by atoms with van der Waals surface area (Å²) in [4.78, 5) is 25.0. The Bertz CT molecular complexity index is 472. The van der Waals surface area contributed by atoms with Crippen LogP contribution in [0.5, 0.6) is 0 Å². The maximum atomic E-state index is 12.1. The van der Waals surface area contributed by atoms with Crippen molar-refractivity contribution in [3.63, 3.8) is 0 Å². The van der Waals surface area contributed by atoms with Crippen molar-refractivity contribution in [1.29, 1.82) is 0 Å². The fourth-order valence-electron chi connectivity index (χ4n) is 2.33. The number of rotatable bonds is 4. The predicted molar refractivity (Wildman–Crippen MR) is 75.3 cm³/mol. The van der Waals surface area contributed by atoms with Crippen LogP contribution in [0.1, 0.15) is 23.2 Å². The number of hydrogen-bond acceptors (Lipinski definition) is 3. The van der Waals surface area contributed by atoms with Crippen LogP contribution in [0.15, 0.2) is 28.7 Å². The van der Waals surface area contributed by atoms with Crippen LogP contribution in [0.4, 0.5) is 0 Å². The Morgan fingerprint density at radius 1 is 1.32 bits per heavy atom. The summed E-state index contributed by atoms with van der Waals surface area (Å²) in [5.74, 6) is -1.06. The first-order valence-electron chi connectivity index (χ1n) is 6.30. The first-order chi connectivity index (χ1) is 9.06. The van der Waals surface area contributed by atoms with Crippen molar-refractivity contribution in [3.05, 3.63) is 34.3 Å². The third kappa shape index (κ3) is 3.88. The quantitative estimate of drug-likeness (QED) is 0.864. The second-order valence-electron chi connectivity index (χ2n) is 4.84. The second-order valence-corrected chi connectivity index (χ2v) is 5.76. The SMILES string of the molecule is O=C(CN1CCCC(C(=O)O)C1)c1ccc(Br)cc1. The lowest BCUT2D eigenvalue weighted by atomic mass is 9.98. The summed E-state index contributed by atoms with van der Waals surface area (Å²) in [6, 6.07) is 7.24. The average molecular weight is 326 g/mol. The van der Waals surface area contributed by atoms with E-state index in [1.807, 2.05) is 17.0 Å². The molecule has 0 amide bonds. The summed E-state index contributed by atoms with van der Waals surface area (Å²) in [6.45, 7) is 1.56. The van der Waals surface area contributed by atoms with Gasteiger partial charge in [0.05, 0.1) is 12.5 Å². The summed E-state index contributed by atoms with van der Waals surface area (Å²) in [6.07, 6.45) is 1.54. The molecule has 5 heteroatoms. The molecular formula is C14H16BrNO3. The van der Waals surface area contributed by atoms with Gasteiger partial charge in [0.1, 0.15) is 0 Å². The highest BCUT2D eigenvalue weighted by Crippen LogP contribution is 2.17. The predicted octanol–water partition coefficient (Wildman–Crippen LogP) is 2.43. The zero-order valence-corrected chi connectivity index (χ0v) is 12.1. The van der Waals surface area contributed by atoms with Crippen molar-refractivity contribution in [2.75, 3.05) is 19.6 Å². The molecule has 1 aromatic rings. The van der Waals surface area contributed by atoms with E-state index in [0.29, 0.717) is 25.1 Å². The number of Topliss-reactive ketones (excluding diaryl/α,β-unsaturated/α-hetero) is 1. The van der Waals surface area contributed by atoms with Crippen molar-refractivity contribution < 1.29 is 14.7 Å². The van der Waals surface area contributed by atoms with Gasteiger partial charge in [-0.3, -0.25) is 14.5 Å². The number of carbonyl (C=O) groups excluding carboxylic acids is 1. The number of ketones is 1. The van der Waals surface area contributed by atoms with E-state index >= 15 is 0 Å². The number of benzene rings is 1. The lowest BCUT2D eigenvalue weighted by Crippen LogP contribution is -2.41. The van der Waals surface area contributed by atoms with Crippen molar-refractivity contribution >= 4 is 27.7 Å². The lowest BCUT2D eigenvalue weighted by Gasteiger charge is -2.29. The molecule has 1 unspecified atom stereocenters. The van der Waals surface area contributed by atoms with E-state index in [1.54, 1.807) is 12.1 Å². The van der Waals surface area contributed by atoms with Crippen LogP contribution in [-0.4, -0.2) is 41.4 Å². The Kier molecular flexibility index (Phi) is 4.71. The van der Waals surface area contributed by atoms with Gasteiger partial charge in [0.15, 0.2) is 5.78 Å². The smallest absolute Gasteiger partial charge is 0.307 e. The summed E-state index contributed by atoms with van der Waals surface area (Å²) >= 11 is 3.33. The first kappa shape index (κ1) is 14.2. The van der Waals surface area contributed by atoms with Crippen molar-refractivity contribution in [3.8, 4) is 0 Å². The maximum absolute atomic E-state index is 12.1. The summed E-state index contributed by atoms with van der Waals surface area (Å²) in [5.41, 5.74) is 0.667. The number of carbonyl (C=O) groups is 2. The molecule has 1 saturated heterocycles. The minimum atomic E-state index is -0.763. The molecule has 1 heterocycles. The Labute approximate surface area is 120 Å². The van der Waals surface area contributed by atoms with Gasteiger partial charge in [-0.2, -0.15) is 0 Å². The fourth-order valence-corrected chi connectivity index (χ4v) is 2.60. The monoisotopic (exact) mass is 325 g/mol. The minimum Gasteiger partial charge on any atom is -0.481 e. The maximum Gasteiger partial charge on any atom is 0.307 e. The molecule has 0 saturated carbocycles. The molecular weight excluding hydrogens is 310 g/mol. The standard InChI is InChI=1S/C14H16BrNO3/c15-12-5-3-10(4-6-12)13(17)9-16-7-1-2-11(8-16)14(18)19/h3-6,11H,1-2,7-9H2,(H,18,19). The average Bonchev–Trinajstić information content (AvgIpc) is 2.39. The molecule has 1 N–H and O–H groups in total. The number of hydrogen-bond donors (Lipinski definition) is 1. The molecule has 0 bridgehead atoms. The highest BCUT2D eigenvalue weighted by atomic mass is 79.9. The summed E-state index contributed by atoms with van der Waals surface area (Å²) in [7, 11) is 0. The van der Waals surface area contributed by atoms with Gasteiger partial charge < -0.3 is 5.11 Å². The second kappa shape index (κ2) is 6.30. The molecule has 1 aliphatic rings. The van der Waals surface area contributed by atoms with Crippen LogP contribution < -0.4 is 0 Å². The number of piperidine rings is 1. The topological polar surface area (TPSA) is 57.6 Å². The van der Waals surface area contributed by atoms with E-state index in [0.717, 1.165) is 17.4 Å². The van der Waals surface area contributed by atoms with Crippen molar-refractivity contribution in [1.82, 2.24) is 4.90 Å². The van der Waals surface area contributed by atoms with Gasteiger partial charge in [-0.25, -0.2) is 0 Å². The van der Waals surface area contributed by atoms with Gasteiger partial charge in [-0.05, 0) is 31.5 Å². The van der Waals surface area contributed by atoms with E-state index in [9.17, 15) is 9.59 Å². The number of carboxylic acid groups (broad SMARTS) is 1. The van der Waals surface area contributed by atoms with E-state index in [4.69, 9.17) is 5.11 Å². The van der Waals surface area contributed by atoms with Crippen LogP contribution in [0.2, 0.25) is 0 Å². The van der Waals surface area contributed by atoms with Crippen LogP contribution in [-0.2, 0) is 4.79 Å². The number of nitrogens with zero attached hydrogens (tertiary/aromatic N) is 1. The molecule has 1 aromatic carbocycles. The van der Waals surface area contributed by atoms with Gasteiger partial charge in [0.25, 0.3) is 0 Å². The van der Waals surface area contributed by atoms with Crippen LogP contribution >= 0.6 is 15.9 Å². The molecule has 1 atom stereocenters. The van der Waals surface area contributed by atoms with Gasteiger partial charge in [-0.1, -0.05) is 28.1 Å². The van der Waals surface area contributed by atoms with Gasteiger partial charge in [-0.15, -0.1) is 0 Å². The van der Waals surface area contributed by atoms with Crippen LogP contribution in [0, 0.1) is 5.92 Å². The van der Waals surface area contributed by atoms with Crippen LogP contribution in [0.25, 0.3) is 0 Å². The molecule has 1 aliphatic heterocycles. The Hall–Kier alpha value is -1.20. The minimum absolute atomic E-state index is 0.0403. The third-order valence-corrected chi connectivity index (χ3v) is 3.92. The number of likely N-dealkylation sites (tertiary alicyclic amines) is 1. The number of carboxylic acids is 1. The zero-order chi connectivity index (χ0) is 13.8. The number of aliphatic carboxylic acids is 1. The molecule has 0 radical (unpaired) electrons. The van der Waals surface area contributed by atoms with Gasteiger partial charge >= 0.3 is 5.97 Å². The van der Waals surface area contributed by atoms with E-state index in [2.05, 4.69) is 15.9 Å². The normalized spacial score (nSPS) is 20.2. The highest BCUT2D eigenvalue weighted by molar-refractivity contribution is 9.10. The van der Waals surface area contributed by atoms with Crippen LogP contribution in [0.3, 0.4) is 0 Å². The Balaban J connectivity index is 1.95. The molecule has 2 rings (SSSR count). The van der Waals surface area contributed by atoms with E-state index in [1.165, 1.54) is 0 Å². The molecule has 4 nitrogen and oxygen atoms in total. The molecule has 0 aliphatic carbocycles.